The van der Waals surface area contributed by atoms with Crippen molar-refractivity contribution >= 4 is 11.8 Å². The zero-order valence-corrected chi connectivity index (χ0v) is 20.3. The number of ether oxygens (including phenoxy) is 1. The van der Waals surface area contributed by atoms with Gasteiger partial charge in [0.25, 0.3) is 5.88 Å². The summed E-state index contributed by atoms with van der Waals surface area (Å²) < 4.78 is 6.12. The van der Waals surface area contributed by atoms with Gasteiger partial charge in [-0.25, -0.2) is 4.73 Å². The van der Waals surface area contributed by atoms with Crippen molar-refractivity contribution < 1.29 is 9.47 Å². The number of unbranched alkanes of at least 4 members (excludes halogenated alkanes) is 15. The smallest absolute Gasteiger partial charge is 0.347 e. The van der Waals surface area contributed by atoms with Gasteiger partial charge < -0.3 is 21.0 Å². The summed E-state index contributed by atoms with van der Waals surface area (Å²) in [6.45, 7) is 5.63. The summed E-state index contributed by atoms with van der Waals surface area (Å²) in [5.41, 5.74) is 5.68. The zero-order chi connectivity index (χ0) is 22.6. The van der Waals surface area contributed by atoms with E-state index in [0.29, 0.717) is 23.0 Å². The van der Waals surface area contributed by atoms with Crippen molar-refractivity contribution in [2.45, 2.75) is 123 Å². The molecular weight excluding hydrogens is 388 g/mol. The van der Waals surface area contributed by atoms with E-state index in [2.05, 4.69) is 17.2 Å². The van der Waals surface area contributed by atoms with E-state index in [1.807, 2.05) is 6.92 Å². The Kier molecular flexibility index (Phi) is 16.7. The molecule has 3 N–H and O–H groups in total. The Bertz CT molecular complexity index is 555. The molecule has 0 amide bonds. The first-order valence-corrected chi connectivity index (χ1v) is 13.0. The van der Waals surface area contributed by atoms with Crippen LogP contribution in [0.4, 0.5) is 11.8 Å². The van der Waals surface area contributed by atoms with Crippen LogP contribution in [0.5, 0.6) is 5.88 Å². The highest BCUT2D eigenvalue weighted by atomic mass is 16.5. The van der Waals surface area contributed by atoms with Crippen LogP contribution in [0.15, 0.2) is 6.07 Å². The van der Waals surface area contributed by atoms with E-state index in [4.69, 9.17) is 10.5 Å². The molecule has 0 saturated heterocycles. The molecule has 0 unspecified atom stereocenters. The lowest BCUT2D eigenvalue weighted by molar-refractivity contribution is -0.577. The molecule has 0 bridgehead atoms. The number of nitrogens with zero attached hydrogens (tertiary/aromatic N) is 2. The van der Waals surface area contributed by atoms with Gasteiger partial charge in [0.05, 0.1) is 12.7 Å². The maximum absolute atomic E-state index is 12.0. The molecule has 0 saturated carbocycles. The van der Waals surface area contributed by atoms with Crippen LogP contribution in [0, 0.1) is 5.21 Å². The summed E-state index contributed by atoms with van der Waals surface area (Å²) in [5, 5.41) is 15.2. The number of nitrogen functional groups attached to an aromatic ring is 1. The molecule has 0 fully saturated rings. The molecule has 0 atom stereocenters. The van der Waals surface area contributed by atoms with E-state index in [9.17, 15) is 5.21 Å². The minimum Gasteiger partial charge on any atom is -0.754 e. The quantitative estimate of drug-likeness (QED) is 0.126. The van der Waals surface area contributed by atoms with Crippen LogP contribution < -0.4 is 20.5 Å². The number of nitrogens with two attached hydrogens (primary N) is 1. The van der Waals surface area contributed by atoms with Crippen molar-refractivity contribution in [3.8, 4) is 5.88 Å². The van der Waals surface area contributed by atoms with Gasteiger partial charge in [-0.3, -0.25) is 0 Å². The largest absolute Gasteiger partial charge is 0.754 e. The van der Waals surface area contributed by atoms with Gasteiger partial charge in [0.15, 0.2) is 0 Å². The van der Waals surface area contributed by atoms with Gasteiger partial charge >= 0.3 is 5.95 Å². The molecule has 1 aromatic rings. The van der Waals surface area contributed by atoms with Crippen LogP contribution in [-0.4, -0.2) is 18.1 Å². The fourth-order valence-electron chi connectivity index (χ4n) is 3.78. The van der Waals surface area contributed by atoms with Crippen molar-refractivity contribution in [2.75, 3.05) is 24.2 Å². The summed E-state index contributed by atoms with van der Waals surface area (Å²) in [6.07, 6.45) is 22.6. The molecule has 0 aliphatic rings. The molecule has 6 heteroatoms. The lowest BCUT2D eigenvalue weighted by Gasteiger charge is -2.14. The van der Waals surface area contributed by atoms with Gasteiger partial charge in [0.2, 0.25) is 5.82 Å². The minimum atomic E-state index is -0.0805. The van der Waals surface area contributed by atoms with Crippen molar-refractivity contribution in [3.63, 3.8) is 0 Å². The van der Waals surface area contributed by atoms with Crippen molar-refractivity contribution in [2.24, 2.45) is 0 Å². The summed E-state index contributed by atoms with van der Waals surface area (Å²) >= 11 is 0. The fraction of sp³-hybridized carbons (Fsp3) is 0.840. The number of anilines is 2. The minimum absolute atomic E-state index is 0.0805. The molecule has 6 nitrogen and oxygen atoms in total. The van der Waals surface area contributed by atoms with Crippen LogP contribution in [-0.2, 0) is 0 Å². The molecule has 31 heavy (non-hydrogen) atoms. The van der Waals surface area contributed by atoms with E-state index in [1.165, 1.54) is 96.3 Å². The summed E-state index contributed by atoms with van der Waals surface area (Å²) in [6, 6.07) is 1.63. The average Bonchev–Trinajstić information content (AvgIpc) is 2.77. The maximum atomic E-state index is 12.0. The van der Waals surface area contributed by atoms with Gasteiger partial charge in [0.1, 0.15) is 0 Å². The first-order valence-electron chi connectivity index (χ1n) is 13.0. The van der Waals surface area contributed by atoms with Crippen molar-refractivity contribution in [3.05, 3.63) is 11.3 Å². The third kappa shape index (κ3) is 14.1. The summed E-state index contributed by atoms with van der Waals surface area (Å²) in [7, 11) is 0. The Hall–Kier alpha value is -1.72. The number of nitrogens with one attached hydrogen (secondary N) is 1. The van der Waals surface area contributed by atoms with Crippen LogP contribution in [0.3, 0.4) is 0 Å². The second-order valence-corrected chi connectivity index (χ2v) is 8.71. The molecule has 180 valence electrons. The fourth-order valence-corrected chi connectivity index (χ4v) is 3.78. The number of aromatic nitrogens is 2. The van der Waals surface area contributed by atoms with E-state index in [-0.39, 0.29) is 5.95 Å². The lowest BCUT2D eigenvalue weighted by Crippen LogP contribution is -2.36. The highest BCUT2D eigenvalue weighted by Crippen LogP contribution is 2.15. The molecule has 0 radical (unpaired) electrons. The number of rotatable bonds is 21. The normalized spacial score (nSPS) is 11.0. The first-order chi connectivity index (χ1) is 15.2. The third-order valence-electron chi connectivity index (χ3n) is 5.70. The van der Waals surface area contributed by atoms with Crippen LogP contribution in [0.25, 0.3) is 0 Å². The number of hydrogen-bond donors (Lipinski definition) is 2. The highest BCUT2D eigenvalue weighted by molar-refractivity contribution is 5.36. The Morgan fingerprint density at radius 2 is 1.29 bits per heavy atom. The molecule has 0 aliphatic carbocycles. The predicted molar refractivity (Wildman–Crippen MR) is 131 cm³/mol. The van der Waals surface area contributed by atoms with E-state index >= 15 is 0 Å². The molecule has 1 rings (SSSR count). The molecule has 1 heterocycles. The Labute approximate surface area is 190 Å². The van der Waals surface area contributed by atoms with Gasteiger partial charge in [0, 0.05) is 6.54 Å². The maximum Gasteiger partial charge on any atom is 0.347 e. The third-order valence-corrected chi connectivity index (χ3v) is 5.70. The summed E-state index contributed by atoms with van der Waals surface area (Å²) in [5.74, 6) is 0.739. The van der Waals surface area contributed by atoms with E-state index in [0.717, 1.165) is 19.4 Å². The molecule has 0 spiro atoms. The molecule has 1 aromatic heterocycles. The second kappa shape index (κ2) is 19.0. The van der Waals surface area contributed by atoms with E-state index < -0.39 is 0 Å². The topological polar surface area (TPSA) is 87.1 Å². The Morgan fingerprint density at radius 1 is 0.806 bits per heavy atom. The van der Waals surface area contributed by atoms with Crippen molar-refractivity contribution in [1.82, 2.24) is 4.98 Å². The first kappa shape index (κ1) is 27.3. The Balaban J connectivity index is 1.94. The second-order valence-electron chi connectivity index (χ2n) is 8.71. The highest BCUT2D eigenvalue weighted by Gasteiger charge is 2.11. The van der Waals surface area contributed by atoms with Gasteiger partial charge in [-0.1, -0.05) is 115 Å². The average molecular weight is 437 g/mol. The zero-order valence-electron chi connectivity index (χ0n) is 20.3. The summed E-state index contributed by atoms with van der Waals surface area (Å²) in [4.78, 5) is 3.96. The molecular formula is C25H48N4O2. The monoisotopic (exact) mass is 436 g/mol. The van der Waals surface area contributed by atoms with Crippen LogP contribution in [0.1, 0.15) is 123 Å². The van der Waals surface area contributed by atoms with Gasteiger partial charge in [-0.05, 0) is 12.8 Å². The standard InChI is InChI=1S/C25H48N4O2/c1-3-5-6-7-8-9-10-11-12-13-14-15-16-17-18-19-20-27-23-22-24(31-21-4-2)28-25(26)29(23)30/h22,27H,3-21H2,1-2H3,(H2,26,28). The van der Waals surface area contributed by atoms with Crippen LogP contribution >= 0.6 is 0 Å². The Morgan fingerprint density at radius 3 is 1.77 bits per heavy atom. The number of hydrogen-bond acceptors (Lipinski definition) is 5. The van der Waals surface area contributed by atoms with Crippen LogP contribution in [0.2, 0.25) is 0 Å². The van der Waals surface area contributed by atoms with Gasteiger partial charge in [-0.15, -0.1) is 0 Å². The van der Waals surface area contributed by atoms with Gasteiger partial charge in [-0.2, -0.15) is 0 Å². The van der Waals surface area contributed by atoms with E-state index in [1.54, 1.807) is 6.07 Å². The molecule has 0 aliphatic heterocycles. The molecule has 0 aromatic carbocycles. The predicted octanol–water partition coefficient (Wildman–Crippen LogP) is 6.76. The van der Waals surface area contributed by atoms with Crippen molar-refractivity contribution in [1.29, 1.82) is 0 Å². The lowest BCUT2D eigenvalue weighted by atomic mass is 10.0. The SMILES string of the molecule is CCCCCCCCCCCCCCCCCCNc1cc(OCCC)nc(N)[n+]1[O-].